The van der Waals surface area contributed by atoms with E-state index in [0.717, 1.165) is 0 Å². The number of aryl methyl sites for hydroxylation is 1. The third-order valence-electron chi connectivity index (χ3n) is 3.39. The van der Waals surface area contributed by atoms with Crippen molar-refractivity contribution in [1.29, 1.82) is 0 Å². The van der Waals surface area contributed by atoms with E-state index in [1.54, 1.807) is 20.8 Å². The quantitative estimate of drug-likeness (QED) is 0.668. The number of aromatic nitrogens is 1. The summed E-state index contributed by atoms with van der Waals surface area (Å²) in [6.45, 7) is 12.3. The standard InChI is InChI=1S/C17H25NO4/c1-9-14(11(3)19)10(2)18-15(9)16(21)12(4)22-13(20)8-17(5,6)7/h12,18H,8H2,1-7H3. The van der Waals surface area contributed by atoms with E-state index in [0.29, 0.717) is 22.5 Å². The summed E-state index contributed by atoms with van der Waals surface area (Å²) in [7, 11) is 0. The minimum atomic E-state index is -0.883. The predicted molar refractivity (Wildman–Crippen MR) is 84.2 cm³/mol. The Kier molecular flexibility index (Phi) is 5.33. The minimum absolute atomic E-state index is 0.0947. The highest BCUT2D eigenvalue weighted by molar-refractivity contribution is 6.05. The molecule has 0 saturated carbocycles. The molecule has 1 atom stereocenters. The molecule has 0 aromatic carbocycles. The van der Waals surface area contributed by atoms with Crippen LogP contribution in [0.1, 0.15) is 73.1 Å². The molecule has 1 N–H and O–H groups in total. The zero-order valence-corrected chi connectivity index (χ0v) is 14.4. The van der Waals surface area contributed by atoms with Crippen molar-refractivity contribution >= 4 is 17.5 Å². The van der Waals surface area contributed by atoms with Crippen LogP contribution < -0.4 is 0 Å². The van der Waals surface area contributed by atoms with Gasteiger partial charge in [-0.1, -0.05) is 20.8 Å². The highest BCUT2D eigenvalue weighted by Crippen LogP contribution is 2.22. The molecule has 0 aliphatic rings. The third-order valence-corrected chi connectivity index (χ3v) is 3.39. The van der Waals surface area contributed by atoms with Gasteiger partial charge in [0.1, 0.15) is 0 Å². The van der Waals surface area contributed by atoms with Crippen LogP contribution in [0.4, 0.5) is 0 Å². The van der Waals surface area contributed by atoms with Crippen LogP contribution in [0.3, 0.4) is 0 Å². The van der Waals surface area contributed by atoms with Crippen molar-refractivity contribution in [2.45, 2.75) is 61.0 Å². The third kappa shape index (κ3) is 4.29. The number of carbonyl (C=O) groups excluding carboxylic acids is 3. The molecular formula is C17H25NO4. The molecule has 0 spiro atoms. The van der Waals surface area contributed by atoms with Gasteiger partial charge in [-0.05, 0) is 38.7 Å². The molecule has 0 fully saturated rings. The summed E-state index contributed by atoms with van der Waals surface area (Å²) < 4.78 is 5.21. The van der Waals surface area contributed by atoms with Crippen molar-refractivity contribution in [3.05, 3.63) is 22.5 Å². The van der Waals surface area contributed by atoms with E-state index in [-0.39, 0.29) is 23.4 Å². The Balaban J connectivity index is 2.91. The van der Waals surface area contributed by atoms with Gasteiger partial charge in [-0.15, -0.1) is 0 Å². The van der Waals surface area contributed by atoms with Gasteiger partial charge in [-0.3, -0.25) is 14.4 Å². The van der Waals surface area contributed by atoms with Gasteiger partial charge in [-0.2, -0.15) is 0 Å². The summed E-state index contributed by atoms with van der Waals surface area (Å²) in [6.07, 6.45) is -0.641. The number of hydrogen-bond donors (Lipinski definition) is 1. The van der Waals surface area contributed by atoms with E-state index in [1.165, 1.54) is 6.92 Å². The number of carbonyl (C=O) groups is 3. The van der Waals surface area contributed by atoms with Crippen molar-refractivity contribution in [3.8, 4) is 0 Å². The van der Waals surface area contributed by atoms with Crippen LogP contribution in [-0.4, -0.2) is 28.6 Å². The molecule has 1 aromatic rings. The van der Waals surface area contributed by atoms with Crippen LogP contribution in [0.25, 0.3) is 0 Å². The van der Waals surface area contributed by atoms with Crippen molar-refractivity contribution in [3.63, 3.8) is 0 Å². The average molecular weight is 307 g/mol. The first-order valence-corrected chi connectivity index (χ1v) is 7.38. The lowest BCUT2D eigenvalue weighted by Crippen LogP contribution is -2.27. The van der Waals surface area contributed by atoms with E-state index in [2.05, 4.69) is 4.98 Å². The second kappa shape index (κ2) is 6.46. The lowest BCUT2D eigenvalue weighted by Gasteiger charge is -2.19. The second-order valence-electron chi connectivity index (χ2n) is 6.91. The minimum Gasteiger partial charge on any atom is -0.454 e. The number of hydrogen-bond acceptors (Lipinski definition) is 4. The number of esters is 1. The predicted octanol–water partition coefficient (Wildman–Crippen LogP) is 3.38. The van der Waals surface area contributed by atoms with Gasteiger partial charge in [0.15, 0.2) is 11.9 Å². The molecule has 122 valence electrons. The average Bonchev–Trinajstić information content (AvgIpc) is 2.60. The van der Waals surface area contributed by atoms with Gasteiger partial charge in [0.2, 0.25) is 5.78 Å². The Morgan fingerprint density at radius 3 is 2.14 bits per heavy atom. The first kappa shape index (κ1) is 18.1. The van der Waals surface area contributed by atoms with Crippen LogP contribution in [0.15, 0.2) is 0 Å². The van der Waals surface area contributed by atoms with Gasteiger partial charge in [-0.25, -0.2) is 0 Å². The lowest BCUT2D eigenvalue weighted by atomic mass is 9.92. The fourth-order valence-electron chi connectivity index (χ4n) is 2.45. The molecule has 0 radical (unpaired) electrons. The van der Waals surface area contributed by atoms with Gasteiger partial charge >= 0.3 is 5.97 Å². The lowest BCUT2D eigenvalue weighted by molar-refractivity contribution is -0.148. The summed E-state index contributed by atoms with van der Waals surface area (Å²) in [6, 6.07) is 0. The molecule has 5 nitrogen and oxygen atoms in total. The second-order valence-corrected chi connectivity index (χ2v) is 6.91. The number of ketones is 2. The maximum absolute atomic E-state index is 12.4. The monoisotopic (exact) mass is 307 g/mol. The summed E-state index contributed by atoms with van der Waals surface area (Å²) in [4.78, 5) is 38.8. The van der Waals surface area contributed by atoms with Crippen LogP contribution in [0.2, 0.25) is 0 Å². The molecule has 0 saturated heterocycles. The van der Waals surface area contributed by atoms with Crippen molar-refractivity contribution in [2.24, 2.45) is 5.41 Å². The SMILES string of the molecule is CC(=O)c1c(C)[nH]c(C(=O)C(C)OC(=O)CC(C)(C)C)c1C. The van der Waals surface area contributed by atoms with Gasteiger partial charge in [0.25, 0.3) is 0 Å². The van der Waals surface area contributed by atoms with Gasteiger partial charge in [0, 0.05) is 11.3 Å². The molecule has 1 unspecified atom stereocenters. The Hall–Kier alpha value is -1.91. The molecule has 5 heteroatoms. The van der Waals surface area contributed by atoms with E-state index < -0.39 is 12.1 Å². The molecule has 0 bridgehead atoms. The Morgan fingerprint density at radius 1 is 1.18 bits per heavy atom. The number of aromatic amines is 1. The van der Waals surface area contributed by atoms with Gasteiger partial charge < -0.3 is 9.72 Å². The van der Waals surface area contributed by atoms with Crippen molar-refractivity contribution in [2.75, 3.05) is 0 Å². The van der Waals surface area contributed by atoms with E-state index in [1.807, 2.05) is 20.8 Å². The fourth-order valence-corrected chi connectivity index (χ4v) is 2.45. The molecule has 1 heterocycles. The Bertz CT molecular complexity index is 605. The molecule has 0 amide bonds. The van der Waals surface area contributed by atoms with Gasteiger partial charge in [0.05, 0.1) is 12.1 Å². The molecular weight excluding hydrogens is 282 g/mol. The molecule has 1 aromatic heterocycles. The smallest absolute Gasteiger partial charge is 0.307 e. The normalized spacial score (nSPS) is 12.9. The van der Waals surface area contributed by atoms with Crippen LogP contribution in [0, 0.1) is 19.3 Å². The fraction of sp³-hybridized carbons (Fsp3) is 0.588. The largest absolute Gasteiger partial charge is 0.454 e. The first-order chi connectivity index (χ1) is 9.94. The zero-order valence-electron chi connectivity index (χ0n) is 14.4. The number of H-pyrrole nitrogens is 1. The summed E-state index contributed by atoms with van der Waals surface area (Å²) in [5.74, 6) is -0.820. The van der Waals surface area contributed by atoms with E-state index in [9.17, 15) is 14.4 Å². The topological polar surface area (TPSA) is 76.2 Å². The van der Waals surface area contributed by atoms with Crippen LogP contribution in [-0.2, 0) is 9.53 Å². The van der Waals surface area contributed by atoms with E-state index >= 15 is 0 Å². The van der Waals surface area contributed by atoms with Crippen molar-refractivity contribution in [1.82, 2.24) is 4.98 Å². The summed E-state index contributed by atoms with van der Waals surface area (Å²) >= 11 is 0. The molecule has 0 aliphatic heterocycles. The molecule has 0 aliphatic carbocycles. The summed E-state index contributed by atoms with van der Waals surface area (Å²) in [5, 5.41) is 0. The van der Waals surface area contributed by atoms with Crippen molar-refractivity contribution < 1.29 is 19.1 Å². The van der Waals surface area contributed by atoms with Crippen LogP contribution >= 0.6 is 0 Å². The molecule has 1 rings (SSSR count). The summed E-state index contributed by atoms with van der Waals surface area (Å²) in [5.41, 5.74) is 1.92. The van der Waals surface area contributed by atoms with E-state index in [4.69, 9.17) is 4.74 Å². The highest BCUT2D eigenvalue weighted by Gasteiger charge is 2.27. The number of nitrogens with one attached hydrogen (secondary N) is 1. The number of ether oxygens (including phenoxy) is 1. The maximum Gasteiger partial charge on any atom is 0.307 e. The Morgan fingerprint density at radius 2 is 1.73 bits per heavy atom. The molecule has 22 heavy (non-hydrogen) atoms. The van der Waals surface area contributed by atoms with Crippen LogP contribution in [0.5, 0.6) is 0 Å². The Labute approximate surface area is 131 Å². The zero-order chi connectivity index (χ0) is 17.2. The maximum atomic E-state index is 12.4. The number of Topliss-reactive ketones (excluding diaryl/α,β-unsaturated/α-hetero) is 2. The first-order valence-electron chi connectivity index (χ1n) is 7.38. The highest BCUT2D eigenvalue weighted by atomic mass is 16.5. The number of rotatable bonds is 5.